The summed E-state index contributed by atoms with van der Waals surface area (Å²) in [6.07, 6.45) is 2.46. The predicted molar refractivity (Wildman–Crippen MR) is 93.8 cm³/mol. The lowest BCUT2D eigenvalue weighted by Gasteiger charge is -2.05. The van der Waals surface area contributed by atoms with Crippen LogP contribution in [-0.4, -0.2) is 16.6 Å². The number of para-hydroxylation sites is 1. The van der Waals surface area contributed by atoms with Crippen molar-refractivity contribution in [3.05, 3.63) is 71.4 Å². The predicted octanol–water partition coefficient (Wildman–Crippen LogP) is 4.02. The van der Waals surface area contributed by atoms with E-state index in [1.54, 1.807) is 6.20 Å². The molecule has 1 heterocycles. The number of rotatable bonds is 4. The summed E-state index contributed by atoms with van der Waals surface area (Å²) in [6.45, 7) is 4.07. The van der Waals surface area contributed by atoms with Gasteiger partial charge in [-0.15, -0.1) is 0 Å². The molecule has 0 saturated carbocycles. The minimum absolute atomic E-state index is 0.208. The van der Waals surface area contributed by atoms with Gasteiger partial charge in [0.25, 0.3) is 5.91 Å². The Morgan fingerprint density at radius 2 is 1.87 bits per heavy atom. The molecule has 0 saturated heterocycles. The van der Waals surface area contributed by atoms with Crippen LogP contribution in [0.5, 0.6) is 0 Å². The zero-order valence-corrected chi connectivity index (χ0v) is 13.3. The van der Waals surface area contributed by atoms with Crippen molar-refractivity contribution in [1.29, 1.82) is 0 Å². The van der Waals surface area contributed by atoms with E-state index in [1.807, 2.05) is 62.4 Å². The third-order valence-electron chi connectivity index (χ3n) is 3.85. The van der Waals surface area contributed by atoms with Gasteiger partial charge < -0.3 is 4.98 Å². The fourth-order valence-corrected chi connectivity index (χ4v) is 2.53. The number of benzene rings is 2. The van der Waals surface area contributed by atoms with Gasteiger partial charge in [0.15, 0.2) is 0 Å². The second-order valence-corrected chi connectivity index (χ2v) is 5.47. The number of hydrogen-bond acceptors (Lipinski definition) is 2. The van der Waals surface area contributed by atoms with Gasteiger partial charge in [-0.2, -0.15) is 5.10 Å². The van der Waals surface area contributed by atoms with Crippen LogP contribution >= 0.6 is 0 Å². The highest BCUT2D eigenvalue weighted by Gasteiger charge is 2.11. The van der Waals surface area contributed by atoms with E-state index in [9.17, 15) is 4.79 Å². The van der Waals surface area contributed by atoms with Gasteiger partial charge in [-0.3, -0.25) is 4.79 Å². The van der Waals surface area contributed by atoms with Gasteiger partial charge in [0.2, 0.25) is 0 Å². The third-order valence-corrected chi connectivity index (χ3v) is 3.85. The summed E-state index contributed by atoms with van der Waals surface area (Å²) in [5.74, 6) is -0.208. The minimum Gasteiger partial charge on any atom is -0.360 e. The number of hydrogen-bond donors (Lipinski definition) is 2. The Kier molecular flexibility index (Phi) is 4.24. The summed E-state index contributed by atoms with van der Waals surface area (Å²) in [4.78, 5) is 15.5. The first-order chi connectivity index (χ1) is 11.2. The molecule has 0 unspecified atom stereocenters. The maximum Gasteiger partial charge on any atom is 0.273 e. The maximum atomic E-state index is 12.4. The largest absolute Gasteiger partial charge is 0.360 e. The maximum absolute atomic E-state index is 12.4. The average molecular weight is 305 g/mol. The van der Waals surface area contributed by atoms with Crippen LogP contribution < -0.4 is 5.43 Å². The van der Waals surface area contributed by atoms with Crippen LogP contribution in [-0.2, 0) is 0 Å². The smallest absolute Gasteiger partial charge is 0.273 e. The van der Waals surface area contributed by atoms with Crippen LogP contribution in [0, 0.1) is 6.92 Å². The summed E-state index contributed by atoms with van der Waals surface area (Å²) in [5.41, 5.74) is 7.30. The van der Waals surface area contributed by atoms with Crippen molar-refractivity contribution in [2.75, 3.05) is 0 Å². The molecule has 2 aromatic carbocycles. The molecule has 3 rings (SSSR count). The Labute approximate surface area is 135 Å². The number of hydrazone groups is 1. The number of carbonyl (C=O) groups is 1. The van der Waals surface area contributed by atoms with Crippen molar-refractivity contribution >= 4 is 22.5 Å². The van der Waals surface area contributed by atoms with E-state index < -0.39 is 0 Å². The second kappa shape index (κ2) is 6.48. The number of nitrogens with zero attached hydrogens (tertiary/aromatic N) is 1. The molecule has 0 fully saturated rings. The molecule has 0 aliphatic rings. The number of aryl methyl sites for hydroxylation is 1. The molecule has 0 aliphatic heterocycles. The van der Waals surface area contributed by atoms with Crippen LogP contribution in [0.1, 0.15) is 34.8 Å². The van der Waals surface area contributed by atoms with Crippen LogP contribution in [0.2, 0.25) is 0 Å². The zero-order valence-electron chi connectivity index (χ0n) is 13.3. The number of carbonyl (C=O) groups excluding carboxylic acids is 1. The molecule has 23 heavy (non-hydrogen) atoms. The van der Waals surface area contributed by atoms with Gasteiger partial charge >= 0.3 is 0 Å². The Bertz CT molecular complexity index is 860. The van der Waals surface area contributed by atoms with Crippen LogP contribution in [0.3, 0.4) is 0 Å². The molecule has 0 spiro atoms. The number of fused-ring (bicyclic) bond motifs is 1. The van der Waals surface area contributed by atoms with E-state index in [2.05, 4.69) is 15.5 Å². The highest BCUT2D eigenvalue weighted by atomic mass is 16.2. The molecule has 4 heteroatoms. The number of aromatic nitrogens is 1. The van der Waals surface area contributed by atoms with Crippen LogP contribution in [0.4, 0.5) is 0 Å². The molecular weight excluding hydrogens is 286 g/mol. The minimum atomic E-state index is -0.208. The number of H-pyrrole nitrogens is 1. The topological polar surface area (TPSA) is 57.2 Å². The van der Waals surface area contributed by atoms with Crippen molar-refractivity contribution in [3.63, 3.8) is 0 Å². The van der Waals surface area contributed by atoms with Crippen LogP contribution in [0.25, 0.3) is 10.9 Å². The summed E-state index contributed by atoms with van der Waals surface area (Å²) in [6, 6.07) is 15.9. The molecule has 3 aromatic rings. The third kappa shape index (κ3) is 3.16. The standard InChI is InChI=1S/C19H19N3O/c1-3-17(14-10-8-13(2)9-11-14)21-22-19(23)16-12-20-18-7-5-4-6-15(16)18/h4-12,20H,3H2,1-2H3,(H,22,23). The molecule has 4 nitrogen and oxygen atoms in total. The number of nitrogens with one attached hydrogen (secondary N) is 2. The summed E-state index contributed by atoms with van der Waals surface area (Å²) >= 11 is 0. The summed E-state index contributed by atoms with van der Waals surface area (Å²) in [7, 11) is 0. The molecule has 0 atom stereocenters. The van der Waals surface area contributed by atoms with Crippen molar-refractivity contribution in [3.8, 4) is 0 Å². The van der Waals surface area contributed by atoms with Crippen molar-refractivity contribution < 1.29 is 4.79 Å². The lowest BCUT2D eigenvalue weighted by atomic mass is 10.1. The van der Waals surface area contributed by atoms with Gasteiger partial charge in [-0.05, 0) is 25.0 Å². The van der Waals surface area contributed by atoms with Gasteiger partial charge in [0.1, 0.15) is 0 Å². The summed E-state index contributed by atoms with van der Waals surface area (Å²) in [5, 5.41) is 5.20. The molecule has 0 aliphatic carbocycles. The van der Waals surface area contributed by atoms with E-state index in [0.717, 1.165) is 28.6 Å². The fraction of sp³-hybridized carbons (Fsp3) is 0.158. The summed E-state index contributed by atoms with van der Waals surface area (Å²) < 4.78 is 0. The average Bonchev–Trinajstić information content (AvgIpc) is 3.01. The normalized spacial score (nSPS) is 11.7. The van der Waals surface area contributed by atoms with E-state index in [-0.39, 0.29) is 5.91 Å². The van der Waals surface area contributed by atoms with Crippen LogP contribution in [0.15, 0.2) is 59.8 Å². The Morgan fingerprint density at radius 3 is 2.61 bits per heavy atom. The van der Waals surface area contributed by atoms with Crippen molar-refractivity contribution in [2.45, 2.75) is 20.3 Å². The second-order valence-electron chi connectivity index (χ2n) is 5.47. The molecule has 1 amide bonds. The first kappa shape index (κ1) is 15.0. The van der Waals surface area contributed by atoms with Crippen molar-refractivity contribution in [1.82, 2.24) is 10.4 Å². The molecule has 1 aromatic heterocycles. The van der Waals surface area contributed by atoms with E-state index in [4.69, 9.17) is 0 Å². The highest BCUT2D eigenvalue weighted by molar-refractivity contribution is 6.07. The first-order valence-corrected chi connectivity index (χ1v) is 7.69. The number of amides is 1. The molecule has 0 radical (unpaired) electrons. The van der Waals surface area contributed by atoms with E-state index >= 15 is 0 Å². The van der Waals surface area contributed by atoms with Gasteiger partial charge in [0, 0.05) is 17.1 Å². The highest BCUT2D eigenvalue weighted by Crippen LogP contribution is 2.17. The Hall–Kier alpha value is -2.88. The van der Waals surface area contributed by atoms with Gasteiger partial charge in [-0.25, -0.2) is 5.43 Å². The lowest BCUT2D eigenvalue weighted by Crippen LogP contribution is -2.19. The Morgan fingerprint density at radius 1 is 1.13 bits per heavy atom. The molecule has 2 N–H and O–H groups in total. The van der Waals surface area contributed by atoms with Gasteiger partial charge in [0.05, 0.1) is 11.3 Å². The Balaban J connectivity index is 1.82. The monoisotopic (exact) mass is 305 g/mol. The molecule has 116 valence electrons. The SMILES string of the molecule is CCC(=NNC(=O)c1c[nH]c2ccccc12)c1ccc(C)cc1. The number of aromatic amines is 1. The van der Waals surface area contributed by atoms with E-state index in [1.165, 1.54) is 5.56 Å². The zero-order chi connectivity index (χ0) is 16.2. The first-order valence-electron chi connectivity index (χ1n) is 7.69. The van der Waals surface area contributed by atoms with Crippen molar-refractivity contribution in [2.24, 2.45) is 5.10 Å². The van der Waals surface area contributed by atoms with E-state index in [0.29, 0.717) is 5.56 Å². The quantitative estimate of drug-likeness (QED) is 0.555. The lowest BCUT2D eigenvalue weighted by molar-refractivity contribution is 0.0956. The fourth-order valence-electron chi connectivity index (χ4n) is 2.53. The van der Waals surface area contributed by atoms with Gasteiger partial charge in [-0.1, -0.05) is 55.0 Å². The molecule has 0 bridgehead atoms. The molecular formula is C19H19N3O.